The zero-order valence-electron chi connectivity index (χ0n) is 10.8. The van der Waals surface area contributed by atoms with Gasteiger partial charge >= 0.3 is 6.18 Å². The topological polar surface area (TPSA) is 9.23 Å². The molecule has 2 aromatic carbocycles. The molecule has 0 aliphatic rings. The molecule has 2 rings (SSSR count). The third kappa shape index (κ3) is 4.48. The second-order valence-corrected chi connectivity index (χ2v) is 5.80. The van der Waals surface area contributed by atoms with Crippen LogP contribution in [0.2, 0.25) is 0 Å². The van der Waals surface area contributed by atoms with Crippen molar-refractivity contribution in [2.45, 2.75) is 18.1 Å². The van der Waals surface area contributed by atoms with Gasteiger partial charge in [0.1, 0.15) is 12.4 Å². The van der Waals surface area contributed by atoms with Crippen LogP contribution in [0.15, 0.2) is 46.9 Å². The number of rotatable bonds is 4. The summed E-state index contributed by atoms with van der Waals surface area (Å²) >= 11 is 6.77. The van der Waals surface area contributed by atoms with Crippen LogP contribution in [0, 0.1) is 0 Å². The van der Waals surface area contributed by atoms with Crippen LogP contribution in [-0.4, -0.2) is 0 Å². The molecule has 0 unspecified atom stereocenters. The normalized spacial score (nSPS) is 11.5. The van der Waals surface area contributed by atoms with Crippen molar-refractivity contribution in [2.75, 3.05) is 0 Å². The maximum Gasteiger partial charge on any atom is 0.416 e. The van der Waals surface area contributed by atoms with Gasteiger partial charge in [-0.25, -0.2) is 0 Å². The van der Waals surface area contributed by atoms with E-state index in [1.165, 1.54) is 12.1 Å². The van der Waals surface area contributed by atoms with Gasteiger partial charge in [0, 0.05) is 5.33 Å². The quantitative estimate of drug-likeness (QED) is 0.552. The first-order valence-electron chi connectivity index (χ1n) is 6.03. The summed E-state index contributed by atoms with van der Waals surface area (Å²) in [6.07, 6.45) is -4.31. The van der Waals surface area contributed by atoms with E-state index in [1.807, 2.05) is 18.2 Å². The Morgan fingerprint density at radius 2 is 1.57 bits per heavy atom. The third-order valence-electron chi connectivity index (χ3n) is 2.83. The summed E-state index contributed by atoms with van der Waals surface area (Å²) in [5, 5.41) is 0.741. The number of ether oxygens (including phenoxy) is 1. The first-order valence-corrected chi connectivity index (χ1v) is 7.95. The Hall–Kier alpha value is -1.01. The van der Waals surface area contributed by atoms with Gasteiger partial charge < -0.3 is 4.74 Å². The number of alkyl halides is 4. The van der Waals surface area contributed by atoms with Gasteiger partial charge in [-0.05, 0) is 51.3 Å². The molecule has 0 amide bonds. The van der Waals surface area contributed by atoms with E-state index >= 15 is 0 Å². The van der Waals surface area contributed by atoms with Crippen molar-refractivity contribution >= 4 is 31.9 Å². The lowest BCUT2D eigenvalue weighted by Gasteiger charge is -2.10. The lowest BCUT2D eigenvalue weighted by Crippen LogP contribution is -2.05. The fourth-order valence-corrected chi connectivity index (χ4v) is 2.59. The monoisotopic (exact) mass is 422 g/mol. The van der Waals surface area contributed by atoms with E-state index in [2.05, 4.69) is 31.9 Å². The molecule has 6 heteroatoms. The summed E-state index contributed by atoms with van der Waals surface area (Å²) in [5.74, 6) is 0.652. The van der Waals surface area contributed by atoms with E-state index in [4.69, 9.17) is 4.74 Å². The van der Waals surface area contributed by atoms with Crippen molar-refractivity contribution in [2.24, 2.45) is 0 Å². The fourth-order valence-electron chi connectivity index (χ4n) is 1.70. The summed E-state index contributed by atoms with van der Waals surface area (Å²) < 4.78 is 43.8. The summed E-state index contributed by atoms with van der Waals surface area (Å²) in [4.78, 5) is 0. The van der Waals surface area contributed by atoms with Gasteiger partial charge in [-0.1, -0.05) is 34.1 Å². The minimum atomic E-state index is -4.31. The minimum absolute atomic E-state index is 0.213. The van der Waals surface area contributed by atoms with Crippen molar-refractivity contribution < 1.29 is 17.9 Å². The summed E-state index contributed by atoms with van der Waals surface area (Å²) in [6, 6.07) is 10.6. The van der Waals surface area contributed by atoms with E-state index in [9.17, 15) is 13.2 Å². The predicted octanol–water partition coefficient (Wildman–Crippen LogP) is 5.94. The highest BCUT2D eigenvalue weighted by molar-refractivity contribution is 9.10. The highest BCUT2D eigenvalue weighted by atomic mass is 79.9. The van der Waals surface area contributed by atoms with Crippen LogP contribution in [0.1, 0.15) is 16.7 Å². The van der Waals surface area contributed by atoms with Crippen LogP contribution in [0.4, 0.5) is 13.2 Å². The molecule has 0 spiro atoms. The first kappa shape index (κ1) is 16.4. The van der Waals surface area contributed by atoms with Crippen LogP contribution in [0.5, 0.6) is 5.75 Å². The molecule has 0 heterocycles. The SMILES string of the molecule is FC(F)(F)c1ccc(COc2ccc(CBr)cc2Br)cc1. The standard InChI is InChI=1S/C15H11Br2F3O/c16-8-11-3-6-14(13(17)7-11)21-9-10-1-4-12(5-2-10)15(18,19)20/h1-7H,8-9H2. The van der Waals surface area contributed by atoms with Crippen LogP contribution in [-0.2, 0) is 18.1 Å². The van der Waals surface area contributed by atoms with Crippen molar-refractivity contribution in [3.63, 3.8) is 0 Å². The molecule has 0 saturated carbocycles. The van der Waals surface area contributed by atoms with Gasteiger partial charge in [0.2, 0.25) is 0 Å². The average molecular weight is 424 g/mol. The Balaban J connectivity index is 2.03. The highest BCUT2D eigenvalue weighted by Crippen LogP contribution is 2.30. The van der Waals surface area contributed by atoms with Gasteiger partial charge in [-0.2, -0.15) is 13.2 Å². The van der Waals surface area contributed by atoms with E-state index < -0.39 is 11.7 Å². The molecule has 0 aromatic heterocycles. The number of hydrogen-bond donors (Lipinski definition) is 0. The van der Waals surface area contributed by atoms with Gasteiger partial charge in [0.15, 0.2) is 0 Å². The molecule has 0 radical (unpaired) electrons. The number of halogens is 5. The Morgan fingerprint density at radius 3 is 2.10 bits per heavy atom. The van der Waals surface area contributed by atoms with Crippen molar-refractivity contribution in [3.05, 3.63) is 63.6 Å². The van der Waals surface area contributed by atoms with Gasteiger partial charge in [-0.3, -0.25) is 0 Å². The zero-order valence-corrected chi connectivity index (χ0v) is 13.9. The third-order valence-corrected chi connectivity index (χ3v) is 4.09. The summed E-state index contributed by atoms with van der Waals surface area (Å²) in [6.45, 7) is 0.213. The molecule has 0 N–H and O–H groups in total. The molecule has 1 nitrogen and oxygen atoms in total. The molecule has 0 aliphatic heterocycles. The highest BCUT2D eigenvalue weighted by Gasteiger charge is 2.29. The van der Waals surface area contributed by atoms with E-state index in [0.29, 0.717) is 11.3 Å². The molecular formula is C15H11Br2F3O. The second-order valence-electron chi connectivity index (χ2n) is 4.38. The Bertz CT molecular complexity index is 609. The molecule has 112 valence electrons. The molecule has 21 heavy (non-hydrogen) atoms. The maximum absolute atomic E-state index is 12.5. The van der Waals surface area contributed by atoms with Gasteiger partial charge in [0.05, 0.1) is 10.0 Å². The second kappa shape index (κ2) is 6.83. The molecule has 0 bridgehead atoms. The van der Waals surface area contributed by atoms with Crippen molar-refractivity contribution in [1.82, 2.24) is 0 Å². The van der Waals surface area contributed by atoms with Gasteiger partial charge in [-0.15, -0.1) is 0 Å². The minimum Gasteiger partial charge on any atom is -0.488 e. The molecule has 2 aromatic rings. The number of benzene rings is 2. The smallest absolute Gasteiger partial charge is 0.416 e. The van der Waals surface area contributed by atoms with E-state index in [0.717, 1.165) is 27.5 Å². The summed E-state index contributed by atoms with van der Waals surface area (Å²) in [5.41, 5.74) is 1.12. The molecule has 0 fully saturated rings. The average Bonchev–Trinajstić information content (AvgIpc) is 2.45. The van der Waals surface area contributed by atoms with E-state index in [-0.39, 0.29) is 6.61 Å². The van der Waals surface area contributed by atoms with Crippen molar-refractivity contribution in [3.8, 4) is 5.75 Å². The van der Waals surface area contributed by atoms with Crippen molar-refractivity contribution in [1.29, 1.82) is 0 Å². The molecular weight excluding hydrogens is 413 g/mol. The number of hydrogen-bond acceptors (Lipinski definition) is 1. The molecule has 0 atom stereocenters. The largest absolute Gasteiger partial charge is 0.488 e. The Labute approximate surface area is 137 Å². The van der Waals surface area contributed by atoms with E-state index in [1.54, 1.807) is 0 Å². The lowest BCUT2D eigenvalue weighted by molar-refractivity contribution is -0.137. The molecule has 0 saturated heterocycles. The summed E-state index contributed by atoms with van der Waals surface area (Å²) in [7, 11) is 0. The first-order chi connectivity index (χ1) is 9.90. The molecule has 0 aliphatic carbocycles. The fraction of sp³-hybridized carbons (Fsp3) is 0.200. The Morgan fingerprint density at radius 1 is 0.952 bits per heavy atom. The van der Waals surface area contributed by atoms with Gasteiger partial charge in [0.25, 0.3) is 0 Å². The van der Waals surface area contributed by atoms with Crippen LogP contribution < -0.4 is 4.74 Å². The van der Waals surface area contributed by atoms with Crippen LogP contribution >= 0.6 is 31.9 Å². The Kier molecular flexibility index (Phi) is 5.32. The zero-order chi connectivity index (χ0) is 15.5. The predicted molar refractivity (Wildman–Crippen MR) is 82.5 cm³/mol. The van der Waals surface area contributed by atoms with Crippen LogP contribution in [0.25, 0.3) is 0 Å². The lowest BCUT2D eigenvalue weighted by atomic mass is 10.1. The van der Waals surface area contributed by atoms with Crippen LogP contribution in [0.3, 0.4) is 0 Å². The maximum atomic E-state index is 12.5.